The number of allylic oxidation sites excluding steroid dienone is 2. The molecule has 0 radical (unpaired) electrons. The number of pyridine rings is 2. The second-order valence-corrected chi connectivity index (χ2v) is 32.6. The first-order chi connectivity index (χ1) is 56.3. The third-order valence-electron chi connectivity index (χ3n) is 22.1. The maximum absolute atomic E-state index is 11.8. The number of nitrogens with zero attached hydrogens (tertiary/aromatic N) is 18. The number of aryl methyl sites for hydroxylation is 2. The Morgan fingerprint density at radius 2 is 0.846 bits per heavy atom. The van der Waals surface area contributed by atoms with Crippen molar-refractivity contribution in [1.82, 2.24) is 93.4 Å². The molecule has 12 heterocycles. The third kappa shape index (κ3) is 19.4. The van der Waals surface area contributed by atoms with Gasteiger partial charge in [0.25, 0.3) is 0 Å². The lowest BCUT2D eigenvalue weighted by atomic mass is 9.91. The molecule has 5 aliphatic rings. The van der Waals surface area contributed by atoms with E-state index in [0.29, 0.717) is 92.2 Å². The van der Waals surface area contributed by atoms with E-state index < -0.39 is 0 Å². The minimum Gasteiger partial charge on any atom is -0.619 e. The highest BCUT2D eigenvalue weighted by molar-refractivity contribution is 5.92. The molecule has 4 fully saturated rings. The molecule has 0 spiro atoms. The van der Waals surface area contributed by atoms with Crippen LogP contribution in [0.5, 0.6) is 0 Å². The quantitative estimate of drug-likeness (QED) is 0.0249. The minimum absolute atomic E-state index is 0.0886. The first kappa shape index (κ1) is 81.5. The van der Waals surface area contributed by atoms with Crippen molar-refractivity contribution in [2.45, 2.75) is 244 Å². The Morgan fingerprint density at radius 1 is 0.462 bits per heavy atom. The Balaban J connectivity index is 0.000000128. The molecule has 0 saturated heterocycles. The standard InChI is InChI=1S/C23H30N8.C20H29N9.C20H28N8O.C19H27N9/c1-13(2)31-12-26-20-21(27-15-10-14(3)16-8-9-25-19(16)11-15)29-23(30-22(20)31)28-18-7-5-4-6-17(18)24;1-11(2)29-10-23-17-18(26-16-9-13(21)8-12(3)24-16)27-20(28-19(17)29)25-15-7-5-4-6-14(15)22;1-12(2)28-11-22-17-18(23-14-8-13(3)9-27(29)10-14)25-20(26-19(17)28)24-16-7-5-4-6-15(16)21;1-11(2)28-10-23-16-17(24-13-7-12(20)8-22-9-13)26-19(27-18(16)28)25-15-6-4-3-5-14(15)21/h8-13,17-18,25H,4-7,24H2,1-3H3,(H2,27,28,29,30);8-11,14-15,24H,3-7,21-22H2,1-2H3,(H2,25,26,27,28);8-12,15-16H,4-7,21H2,1-3H3,(H2,23,24,25,26);7-11,14-15H,3-6,20-21H2,1-2H3,(H2,24,25,26,27)/t17-,18-;14-,15-;15-,16-;14-,15-/m0000/s1. The second kappa shape index (κ2) is 36.0. The van der Waals surface area contributed by atoms with E-state index >= 15 is 0 Å². The van der Waals surface area contributed by atoms with E-state index in [2.05, 4.69) is 174 Å². The molecule has 1 aliphatic heterocycles. The van der Waals surface area contributed by atoms with Crippen molar-refractivity contribution in [2.24, 2.45) is 28.7 Å². The van der Waals surface area contributed by atoms with E-state index in [0.717, 1.165) is 132 Å². The van der Waals surface area contributed by atoms with Gasteiger partial charge in [0.1, 0.15) is 11.5 Å². The molecule has 0 unspecified atom stereocenters. The van der Waals surface area contributed by atoms with Gasteiger partial charge in [-0.05, 0) is 163 Å². The molecule has 17 rings (SSSR count). The predicted octanol–water partition coefficient (Wildman–Crippen LogP) is 12.5. The first-order valence-corrected chi connectivity index (χ1v) is 41.1. The van der Waals surface area contributed by atoms with E-state index in [1.54, 1.807) is 43.5 Å². The monoisotopic (exact) mass is 1590 g/mol. The highest BCUT2D eigenvalue weighted by Crippen LogP contribution is 2.35. The van der Waals surface area contributed by atoms with Gasteiger partial charge in [-0.1, -0.05) is 57.9 Å². The maximum atomic E-state index is 11.8. The van der Waals surface area contributed by atoms with Gasteiger partial charge in [0.15, 0.2) is 74.1 Å². The average Bonchev–Trinajstić information content (AvgIpc) is 1.70. The van der Waals surface area contributed by atoms with E-state index in [1.807, 2.05) is 45.3 Å². The van der Waals surface area contributed by atoms with Gasteiger partial charge >= 0.3 is 0 Å². The smallest absolute Gasteiger partial charge is 0.227 e. The van der Waals surface area contributed by atoms with Crippen LogP contribution in [0.15, 0.2) is 123 Å². The second-order valence-electron chi connectivity index (χ2n) is 32.6. The highest BCUT2D eigenvalue weighted by atomic mass is 16.5. The molecule has 618 valence electrons. The van der Waals surface area contributed by atoms with E-state index in [9.17, 15) is 5.21 Å². The normalized spacial score (nSPS) is 20.3. The van der Waals surface area contributed by atoms with Crippen molar-refractivity contribution in [3.63, 3.8) is 0 Å². The van der Waals surface area contributed by atoms with Crippen LogP contribution in [0.1, 0.15) is 193 Å². The summed E-state index contributed by atoms with van der Waals surface area (Å²) in [5.74, 6) is 5.37. The number of nitrogen functional groups attached to an aromatic ring is 1. The summed E-state index contributed by atoms with van der Waals surface area (Å²) < 4.78 is 8.94. The number of fused-ring (bicyclic) bond motifs is 5. The number of imidazole rings is 4. The minimum atomic E-state index is 0.0886. The number of aromatic amines is 1. The molecular formula is C82H114N34O. The molecule has 8 atom stereocenters. The van der Waals surface area contributed by atoms with Crippen molar-refractivity contribution in [3.05, 3.63) is 139 Å². The molecule has 22 N–H and O–H groups in total. The van der Waals surface area contributed by atoms with Crippen molar-refractivity contribution in [1.29, 1.82) is 0 Å². The number of hydrogen-bond acceptors (Lipinski definition) is 29. The average molecular weight is 1590 g/mol. The number of anilines is 12. The van der Waals surface area contributed by atoms with Crippen LogP contribution in [0.4, 0.5) is 69.8 Å². The summed E-state index contributed by atoms with van der Waals surface area (Å²) in [5, 5.41) is 43.4. The molecule has 12 aromatic rings. The number of nitrogens with two attached hydrogens (primary N) is 6. The van der Waals surface area contributed by atoms with Gasteiger partial charge in [-0.2, -0.15) is 44.6 Å². The van der Waals surface area contributed by atoms with Gasteiger partial charge in [-0.15, -0.1) is 0 Å². The van der Waals surface area contributed by atoms with Crippen molar-refractivity contribution in [3.8, 4) is 0 Å². The maximum Gasteiger partial charge on any atom is 0.227 e. The van der Waals surface area contributed by atoms with E-state index in [1.165, 1.54) is 49.0 Å². The lowest BCUT2D eigenvalue weighted by molar-refractivity contribution is -0.605. The fourth-order valence-corrected chi connectivity index (χ4v) is 15.8. The summed E-state index contributed by atoms with van der Waals surface area (Å²) in [6.07, 6.45) is 36.5. The summed E-state index contributed by atoms with van der Waals surface area (Å²) in [6.45, 7) is 24.7. The molecular weight excluding hydrogens is 1480 g/mol. The number of rotatable bonds is 20. The Morgan fingerprint density at radius 3 is 1.22 bits per heavy atom. The largest absolute Gasteiger partial charge is 0.619 e. The molecule has 0 bridgehead atoms. The van der Waals surface area contributed by atoms with Crippen molar-refractivity contribution in [2.75, 3.05) is 48.3 Å². The van der Waals surface area contributed by atoms with Gasteiger partial charge < -0.3 is 111 Å². The Labute approximate surface area is 680 Å². The zero-order valence-corrected chi connectivity index (χ0v) is 68.6. The van der Waals surface area contributed by atoms with Gasteiger partial charge in [0.2, 0.25) is 30.0 Å². The zero-order valence-electron chi connectivity index (χ0n) is 68.6. The van der Waals surface area contributed by atoms with Gasteiger partial charge in [0.05, 0.1) is 42.9 Å². The van der Waals surface area contributed by atoms with Gasteiger partial charge in [-0.25, -0.2) is 19.9 Å². The first-order valence-electron chi connectivity index (χ1n) is 41.1. The molecule has 4 saturated carbocycles. The molecule has 117 heavy (non-hydrogen) atoms. The summed E-state index contributed by atoms with van der Waals surface area (Å²) in [7, 11) is 0. The summed E-state index contributed by atoms with van der Waals surface area (Å²) in [6, 6.07) is 12.0. The predicted molar refractivity (Wildman–Crippen MR) is 466 cm³/mol. The number of aromatic nitrogens is 19. The Hall–Kier alpha value is -12.1. The summed E-state index contributed by atoms with van der Waals surface area (Å²) in [5.41, 5.74) is 50.4. The van der Waals surface area contributed by atoms with Crippen LogP contribution >= 0.6 is 0 Å². The van der Waals surface area contributed by atoms with Gasteiger partial charge in [-0.3, -0.25) is 4.98 Å². The van der Waals surface area contributed by atoms with E-state index in [4.69, 9.17) is 69.3 Å². The molecule has 4 aliphatic carbocycles. The van der Waals surface area contributed by atoms with Crippen LogP contribution in [-0.4, -0.2) is 136 Å². The highest BCUT2D eigenvalue weighted by Gasteiger charge is 2.30. The molecule has 1 aromatic carbocycles. The number of hydrogen-bond donors (Lipinski definition) is 16. The number of nitrogens with one attached hydrogen (secondary N) is 10. The van der Waals surface area contributed by atoms with Crippen LogP contribution < -0.4 is 87.0 Å². The number of benzene rings is 1. The SMILES string of the molecule is C=C1C=C(N)C=C(Nc2nc(N[C@H]3CCCC[C@@H]3N)nc3c2ncn3C(C)C)N1.CC(C)n1cnc2c(Nc3cncc(N)c3)nc(N[C@H]3CCCC[C@@H]3N)nc21.Cc1cc(Nc2nc(N[C@H]3CCCC[C@@H]3N)nc3c2ncn3C(C)C)c[n+]([O-])c1.Cc1cc(Nc2nc(N[C@H]3CCCC[C@@H]3N)nc3c2ncn3C(C)C)cc2[nH]ccc12. The Kier molecular flexibility index (Phi) is 25.1. The zero-order chi connectivity index (χ0) is 82.3. The fraction of sp³-hybridized carbons (Fsp3) is 0.463. The van der Waals surface area contributed by atoms with E-state index in [-0.39, 0.29) is 72.5 Å². The van der Waals surface area contributed by atoms with Crippen LogP contribution in [0.25, 0.3) is 55.6 Å². The van der Waals surface area contributed by atoms with Crippen LogP contribution in [0, 0.1) is 19.1 Å². The molecule has 35 nitrogen and oxygen atoms in total. The third-order valence-corrected chi connectivity index (χ3v) is 22.1. The Bertz CT molecular complexity index is 5510. The molecule has 11 aromatic heterocycles. The van der Waals surface area contributed by atoms with Crippen molar-refractivity contribution >= 4 is 125 Å². The number of H-pyrrole nitrogens is 1. The lowest BCUT2D eigenvalue weighted by Gasteiger charge is -2.29. The summed E-state index contributed by atoms with van der Waals surface area (Å²) >= 11 is 0. The van der Waals surface area contributed by atoms with Crippen LogP contribution in [0.3, 0.4) is 0 Å². The molecule has 35 heteroatoms. The lowest BCUT2D eigenvalue weighted by Crippen LogP contribution is -2.43. The summed E-state index contributed by atoms with van der Waals surface area (Å²) in [4.78, 5) is 63.6. The number of dihydropyridines is 1. The van der Waals surface area contributed by atoms with Crippen LogP contribution in [0.2, 0.25) is 0 Å². The van der Waals surface area contributed by atoms with Gasteiger partial charge in [0, 0.05) is 125 Å². The van der Waals surface area contributed by atoms with Crippen molar-refractivity contribution < 1.29 is 4.73 Å². The fourth-order valence-electron chi connectivity index (χ4n) is 15.8. The van der Waals surface area contributed by atoms with Crippen LogP contribution in [-0.2, 0) is 0 Å². The molecule has 0 amide bonds. The topological polar surface area (TPSA) is 494 Å².